The van der Waals surface area contributed by atoms with Gasteiger partial charge in [0.15, 0.2) is 0 Å². The van der Waals surface area contributed by atoms with Crippen LogP contribution in [0.2, 0.25) is 0 Å². The van der Waals surface area contributed by atoms with Gasteiger partial charge in [-0.1, -0.05) is 108 Å². The number of carbonyl (C=O) groups excluding carboxylic acids is 4. The van der Waals surface area contributed by atoms with Crippen molar-refractivity contribution in [3.8, 4) is 11.3 Å². The SMILES string of the molecule is COC(=O)NC(C(=O)NN(Cc1ccc(-c2ccccn2)cc1)CC(O)C(Cc1ccccc1)NC(=O)C(N1CCN(Cc2cccc(C)n2)C1=O)C(C)(C)C)C(C)(C)C. The van der Waals surface area contributed by atoms with Crippen molar-refractivity contribution < 1.29 is 29.0 Å². The van der Waals surface area contributed by atoms with Crippen LogP contribution in [0.1, 0.15) is 64.1 Å². The second-order valence-corrected chi connectivity index (χ2v) is 17.5. The van der Waals surface area contributed by atoms with Crippen LogP contribution < -0.4 is 16.1 Å². The number of rotatable bonds is 16. The Hall–Kier alpha value is -5.86. The molecule has 60 heavy (non-hydrogen) atoms. The molecule has 320 valence electrons. The van der Waals surface area contributed by atoms with Crippen molar-refractivity contribution in [2.45, 2.75) is 92.2 Å². The molecule has 0 aliphatic carbocycles. The molecule has 2 aromatic carbocycles. The summed E-state index contributed by atoms with van der Waals surface area (Å²) in [5, 5.41) is 19.6. The third-order valence-corrected chi connectivity index (χ3v) is 10.4. The maximum Gasteiger partial charge on any atom is 0.407 e. The molecule has 4 N–H and O–H groups in total. The average molecular weight is 821 g/mol. The number of methoxy groups -OCH3 is 1. The van der Waals surface area contributed by atoms with E-state index in [0.29, 0.717) is 19.6 Å². The number of aryl methyl sites for hydroxylation is 1. The van der Waals surface area contributed by atoms with Gasteiger partial charge in [-0.15, -0.1) is 0 Å². The van der Waals surface area contributed by atoms with E-state index in [-0.39, 0.29) is 25.5 Å². The lowest BCUT2D eigenvalue weighted by atomic mass is 9.84. The Kier molecular flexibility index (Phi) is 15.0. The maximum absolute atomic E-state index is 14.6. The van der Waals surface area contributed by atoms with Gasteiger partial charge in [0.1, 0.15) is 12.1 Å². The summed E-state index contributed by atoms with van der Waals surface area (Å²) in [6.07, 6.45) is 0.0143. The number of benzene rings is 2. The van der Waals surface area contributed by atoms with Crippen molar-refractivity contribution in [1.82, 2.24) is 40.8 Å². The number of hydrogen-bond acceptors (Lipinski definition) is 9. The van der Waals surface area contributed by atoms with E-state index in [1.54, 1.807) is 21.0 Å². The highest BCUT2D eigenvalue weighted by molar-refractivity contribution is 5.89. The molecule has 3 heterocycles. The molecule has 1 saturated heterocycles. The molecule has 0 radical (unpaired) electrons. The van der Waals surface area contributed by atoms with Gasteiger partial charge in [-0.3, -0.25) is 25.0 Å². The predicted octanol–water partition coefficient (Wildman–Crippen LogP) is 5.50. The van der Waals surface area contributed by atoms with Gasteiger partial charge in [0.2, 0.25) is 5.91 Å². The maximum atomic E-state index is 14.6. The minimum absolute atomic E-state index is 0.110. The molecule has 2 aromatic heterocycles. The van der Waals surface area contributed by atoms with Crippen LogP contribution >= 0.6 is 0 Å². The molecular formula is C46H60N8O6. The minimum atomic E-state index is -1.22. The number of nitrogens with one attached hydrogen (secondary N) is 3. The molecule has 14 nitrogen and oxygen atoms in total. The summed E-state index contributed by atoms with van der Waals surface area (Å²) in [5.41, 5.74) is 6.62. The van der Waals surface area contributed by atoms with Crippen LogP contribution in [-0.4, -0.2) is 105 Å². The van der Waals surface area contributed by atoms with Crippen molar-refractivity contribution in [3.63, 3.8) is 0 Å². The molecule has 0 spiro atoms. The number of aromatic nitrogens is 2. The third-order valence-electron chi connectivity index (χ3n) is 10.4. The number of amides is 5. The highest BCUT2D eigenvalue weighted by Crippen LogP contribution is 2.29. The van der Waals surface area contributed by atoms with Crippen molar-refractivity contribution >= 4 is 23.9 Å². The van der Waals surface area contributed by atoms with E-state index in [4.69, 9.17) is 4.74 Å². The van der Waals surface area contributed by atoms with E-state index in [1.807, 2.05) is 139 Å². The first-order valence-corrected chi connectivity index (χ1v) is 20.3. The van der Waals surface area contributed by atoms with Crippen molar-refractivity contribution in [2.24, 2.45) is 10.8 Å². The summed E-state index contributed by atoms with van der Waals surface area (Å²) in [6, 6.07) is 25.7. The first-order valence-electron chi connectivity index (χ1n) is 20.3. The molecule has 0 saturated carbocycles. The van der Waals surface area contributed by atoms with E-state index < -0.39 is 53.0 Å². The van der Waals surface area contributed by atoms with Gasteiger partial charge in [-0.25, -0.2) is 14.6 Å². The zero-order chi connectivity index (χ0) is 43.6. The Morgan fingerprint density at radius 2 is 1.53 bits per heavy atom. The average Bonchev–Trinajstić information content (AvgIpc) is 3.54. The molecule has 0 bridgehead atoms. The van der Waals surface area contributed by atoms with Crippen LogP contribution in [0.25, 0.3) is 11.3 Å². The lowest BCUT2D eigenvalue weighted by Crippen LogP contribution is -2.61. The number of carbonyl (C=O) groups is 4. The molecule has 14 heteroatoms. The summed E-state index contributed by atoms with van der Waals surface area (Å²) in [6.45, 7) is 14.3. The van der Waals surface area contributed by atoms with E-state index in [0.717, 1.165) is 33.8 Å². The standard InChI is InChI=1S/C46H60N8O6/c1-31-15-14-18-35(48-31)29-52-25-26-54(44(52)59)40(46(5,6)7)42(57)49-37(27-32-16-10-9-11-17-32)38(55)30-53(51-41(56)39(45(2,3)4)50-43(58)60-8)28-33-20-22-34(23-21-33)36-19-12-13-24-47-36/h9-24,37-40,55H,25-30H2,1-8H3,(H,49,57)(H,50,58)(H,51,56). The van der Waals surface area contributed by atoms with Crippen LogP contribution in [-0.2, 0) is 33.8 Å². The van der Waals surface area contributed by atoms with E-state index >= 15 is 0 Å². The van der Waals surface area contributed by atoms with Gasteiger partial charge in [0, 0.05) is 43.6 Å². The quantitative estimate of drug-likeness (QED) is 0.107. The van der Waals surface area contributed by atoms with Crippen LogP contribution in [0.15, 0.2) is 97.2 Å². The monoisotopic (exact) mass is 820 g/mol. The van der Waals surface area contributed by atoms with E-state index in [1.165, 1.54) is 7.11 Å². The highest BCUT2D eigenvalue weighted by atomic mass is 16.5. The largest absolute Gasteiger partial charge is 0.453 e. The molecule has 1 aliphatic heterocycles. The number of pyridine rings is 2. The van der Waals surface area contributed by atoms with Gasteiger partial charge in [0.25, 0.3) is 5.91 Å². The summed E-state index contributed by atoms with van der Waals surface area (Å²) < 4.78 is 4.83. The van der Waals surface area contributed by atoms with E-state index in [9.17, 15) is 24.3 Å². The topological polar surface area (TPSA) is 169 Å². The van der Waals surface area contributed by atoms with Crippen LogP contribution in [0, 0.1) is 17.8 Å². The molecule has 4 unspecified atom stereocenters. The molecule has 4 atom stereocenters. The van der Waals surface area contributed by atoms with Crippen LogP contribution in [0.3, 0.4) is 0 Å². The number of hydrogen-bond donors (Lipinski definition) is 4. The molecule has 5 amide bonds. The Morgan fingerprint density at radius 1 is 0.833 bits per heavy atom. The van der Waals surface area contributed by atoms with Crippen molar-refractivity contribution in [2.75, 3.05) is 26.7 Å². The molecule has 1 fully saturated rings. The third kappa shape index (κ3) is 12.3. The van der Waals surface area contributed by atoms with Gasteiger partial charge in [0.05, 0.1) is 37.2 Å². The van der Waals surface area contributed by atoms with Gasteiger partial charge in [-0.05, 0) is 59.6 Å². The Balaban J connectivity index is 1.42. The summed E-state index contributed by atoms with van der Waals surface area (Å²) in [4.78, 5) is 67.2. The molecule has 1 aliphatic rings. The molecule has 4 aromatic rings. The van der Waals surface area contributed by atoms with Crippen molar-refractivity contribution in [1.29, 1.82) is 0 Å². The minimum Gasteiger partial charge on any atom is -0.453 e. The summed E-state index contributed by atoms with van der Waals surface area (Å²) >= 11 is 0. The molecule has 5 rings (SSSR count). The van der Waals surface area contributed by atoms with Gasteiger partial charge >= 0.3 is 12.1 Å². The first-order chi connectivity index (χ1) is 28.4. The number of nitrogens with zero attached hydrogens (tertiary/aromatic N) is 5. The fraction of sp³-hybridized carbons (Fsp3) is 0.435. The number of ether oxygens (including phenoxy) is 1. The van der Waals surface area contributed by atoms with E-state index in [2.05, 4.69) is 26.0 Å². The van der Waals surface area contributed by atoms with Crippen molar-refractivity contribution in [3.05, 3.63) is 120 Å². The second kappa shape index (κ2) is 19.9. The zero-order valence-electron chi connectivity index (χ0n) is 36.0. The first kappa shape index (κ1) is 45.2. The fourth-order valence-corrected chi connectivity index (χ4v) is 7.40. The predicted molar refractivity (Wildman–Crippen MR) is 230 cm³/mol. The molecular weight excluding hydrogens is 761 g/mol. The lowest BCUT2D eigenvalue weighted by molar-refractivity contribution is -0.133. The van der Waals surface area contributed by atoms with Crippen LogP contribution in [0.4, 0.5) is 9.59 Å². The number of alkyl carbamates (subject to hydrolysis) is 1. The number of urea groups is 1. The lowest BCUT2D eigenvalue weighted by Gasteiger charge is -2.38. The fourth-order valence-electron chi connectivity index (χ4n) is 7.40. The number of aliphatic hydroxyl groups excluding tert-OH is 1. The Morgan fingerprint density at radius 3 is 2.15 bits per heavy atom. The highest BCUT2D eigenvalue weighted by Gasteiger charge is 2.44. The van der Waals surface area contributed by atoms with Crippen LogP contribution in [0.5, 0.6) is 0 Å². The van der Waals surface area contributed by atoms with Gasteiger partial charge < -0.3 is 30.3 Å². The van der Waals surface area contributed by atoms with Gasteiger partial charge in [-0.2, -0.15) is 0 Å². The number of aliphatic hydroxyl groups is 1. The Bertz CT molecular complexity index is 2050. The summed E-state index contributed by atoms with van der Waals surface area (Å²) in [7, 11) is 1.23. The second-order valence-electron chi connectivity index (χ2n) is 17.5. The number of hydrazine groups is 1. The summed E-state index contributed by atoms with van der Waals surface area (Å²) in [5.74, 6) is -0.915. The zero-order valence-corrected chi connectivity index (χ0v) is 36.0. The normalized spacial score (nSPS) is 15.3. The Labute approximate surface area is 353 Å². The smallest absolute Gasteiger partial charge is 0.407 e.